The van der Waals surface area contributed by atoms with E-state index in [1.54, 1.807) is 7.11 Å². The van der Waals surface area contributed by atoms with Crippen molar-refractivity contribution in [2.24, 2.45) is 0 Å². The Balaban J connectivity index is 1.99. The first-order valence-corrected chi connectivity index (χ1v) is 7.24. The molecule has 7 heteroatoms. The molecule has 0 saturated carbocycles. The summed E-state index contributed by atoms with van der Waals surface area (Å²) in [5.41, 5.74) is 1.03. The lowest BCUT2D eigenvalue weighted by atomic mass is 10.1. The number of ether oxygens (including phenoxy) is 1. The summed E-state index contributed by atoms with van der Waals surface area (Å²) in [4.78, 5) is 22.2. The number of hydrogen-bond donors (Lipinski definition) is 1. The standard InChI is InChI=1S/C16H15ClN2O4/c1-23-15-5-3-2-4-11(15)8-9-18-16(20)13-7-6-12(19(21)22)10-14(13)17/h2-7,10H,8-9H2,1H3,(H,18,20). The fourth-order valence-electron chi connectivity index (χ4n) is 2.12. The number of rotatable bonds is 6. The molecule has 0 atom stereocenters. The molecule has 6 nitrogen and oxygen atoms in total. The van der Waals surface area contributed by atoms with E-state index in [9.17, 15) is 14.9 Å². The van der Waals surface area contributed by atoms with Crippen LogP contribution in [-0.2, 0) is 6.42 Å². The predicted octanol–water partition coefficient (Wildman–Crippen LogP) is 3.23. The van der Waals surface area contributed by atoms with Crippen LogP contribution in [0.3, 0.4) is 0 Å². The molecule has 0 unspecified atom stereocenters. The molecule has 2 aromatic carbocycles. The van der Waals surface area contributed by atoms with E-state index in [2.05, 4.69) is 5.32 Å². The summed E-state index contributed by atoms with van der Waals surface area (Å²) < 4.78 is 5.24. The molecule has 0 aliphatic rings. The first-order valence-electron chi connectivity index (χ1n) is 6.87. The molecule has 0 spiro atoms. The Morgan fingerprint density at radius 3 is 2.70 bits per heavy atom. The third-order valence-corrected chi connectivity index (χ3v) is 3.59. The molecular formula is C16H15ClN2O4. The van der Waals surface area contributed by atoms with E-state index in [1.165, 1.54) is 12.1 Å². The number of methoxy groups -OCH3 is 1. The Hall–Kier alpha value is -2.60. The van der Waals surface area contributed by atoms with Crippen LogP contribution >= 0.6 is 11.6 Å². The van der Waals surface area contributed by atoms with Gasteiger partial charge in [0, 0.05) is 18.7 Å². The number of amides is 1. The van der Waals surface area contributed by atoms with Gasteiger partial charge in [0.15, 0.2) is 0 Å². The van der Waals surface area contributed by atoms with Gasteiger partial charge >= 0.3 is 0 Å². The SMILES string of the molecule is COc1ccccc1CCNC(=O)c1ccc([N+](=O)[O-])cc1Cl. The fourth-order valence-corrected chi connectivity index (χ4v) is 2.38. The fraction of sp³-hybridized carbons (Fsp3) is 0.188. The second kappa shape index (κ2) is 7.60. The van der Waals surface area contributed by atoms with Crippen molar-refractivity contribution >= 4 is 23.2 Å². The van der Waals surface area contributed by atoms with Crippen LogP contribution in [-0.4, -0.2) is 24.5 Å². The molecule has 0 aliphatic carbocycles. The molecule has 0 saturated heterocycles. The van der Waals surface area contributed by atoms with Gasteiger partial charge in [-0.1, -0.05) is 29.8 Å². The summed E-state index contributed by atoms with van der Waals surface area (Å²) in [5, 5.41) is 13.4. The number of carbonyl (C=O) groups excluding carboxylic acids is 1. The van der Waals surface area contributed by atoms with Crippen molar-refractivity contribution in [3.8, 4) is 5.75 Å². The van der Waals surface area contributed by atoms with Crippen LogP contribution in [0, 0.1) is 10.1 Å². The number of carbonyl (C=O) groups is 1. The number of para-hydroxylation sites is 1. The van der Waals surface area contributed by atoms with Crippen LogP contribution in [0.1, 0.15) is 15.9 Å². The van der Waals surface area contributed by atoms with Gasteiger partial charge < -0.3 is 10.1 Å². The Kier molecular flexibility index (Phi) is 5.54. The van der Waals surface area contributed by atoms with Gasteiger partial charge in [0.25, 0.3) is 11.6 Å². The van der Waals surface area contributed by atoms with E-state index in [0.29, 0.717) is 13.0 Å². The average molecular weight is 335 g/mol. The zero-order valence-corrected chi connectivity index (χ0v) is 13.2. The van der Waals surface area contributed by atoms with Crippen molar-refractivity contribution < 1.29 is 14.5 Å². The summed E-state index contributed by atoms with van der Waals surface area (Å²) in [7, 11) is 1.59. The second-order valence-corrected chi connectivity index (χ2v) is 5.15. The quantitative estimate of drug-likeness (QED) is 0.649. The maximum Gasteiger partial charge on any atom is 0.270 e. The highest BCUT2D eigenvalue weighted by molar-refractivity contribution is 6.34. The van der Waals surface area contributed by atoms with Crippen LogP contribution in [0.2, 0.25) is 5.02 Å². The van der Waals surface area contributed by atoms with Crippen molar-refractivity contribution in [3.63, 3.8) is 0 Å². The number of halogens is 1. The van der Waals surface area contributed by atoms with Gasteiger partial charge in [-0.15, -0.1) is 0 Å². The zero-order chi connectivity index (χ0) is 16.8. The topological polar surface area (TPSA) is 81.5 Å². The minimum atomic E-state index is -0.560. The molecule has 120 valence electrons. The lowest BCUT2D eigenvalue weighted by Gasteiger charge is -2.09. The van der Waals surface area contributed by atoms with Crippen molar-refractivity contribution in [2.45, 2.75) is 6.42 Å². The normalized spacial score (nSPS) is 10.2. The predicted molar refractivity (Wildman–Crippen MR) is 87.1 cm³/mol. The molecule has 0 radical (unpaired) electrons. The monoisotopic (exact) mass is 334 g/mol. The second-order valence-electron chi connectivity index (χ2n) is 4.74. The highest BCUT2D eigenvalue weighted by Crippen LogP contribution is 2.22. The molecule has 0 bridgehead atoms. The van der Waals surface area contributed by atoms with Crippen LogP contribution < -0.4 is 10.1 Å². The Labute approximate surface area is 138 Å². The van der Waals surface area contributed by atoms with Crippen LogP contribution in [0.25, 0.3) is 0 Å². The number of nitro groups is 1. The number of nitrogens with zero attached hydrogens (tertiary/aromatic N) is 1. The third kappa shape index (κ3) is 4.20. The Morgan fingerprint density at radius 2 is 2.04 bits per heavy atom. The number of nitrogens with one attached hydrogen (secondary N) is 1. The average Bonchev–Trinajstić information content (AvgIpc) is 2.54. The molecule has 0 fully saturated rings. The third-order valence-electron chi connectivity index (χ3n) is 3.28. The molecular weight excluding hydrogens is 320 g/mol. The minimum Gasteiger partial charge on any atom is -0.496 e. The molecule has 0 heterocycles. The van der Waals surface area contributed by atoms with Crippen molar-refractivity contribution in [1.82, 2.24) is 5.32 Å². The van der Waals surface area contributed by atoms with Gasteiger partial charge in [0.2, 0.25) is 0 Å². The molecule has 2 aromatic rings. The first-order chi connectivity index (χ1) is 11.0. The van der Waals surface area contributed by atoms with Gasteiger partial charge in [-0.2, -0.15) is 0 Å². The lowest BCUT2D eigenvalue weighted by molar-refractivity contribution is -0.384. The first kappa shape index (κ1) is 16.8. The zero-order valence-electron chi connectivity index (χ0n) is 12.4. The van der Waals surface area contributed by atoms with E-state index >= 15 is 0 Å². The largest absolute Gasteiger partial charge is 0.496 e. The maximum absolute atomic E-state index is 12.1. The van der Waals surface area contributed by atoms with E-state index in [4.69, 9.17) is 16.3 Å². The highest BCUT2D eigenvalue weighted by Gasteiger charge is 2.14. The summed E-state index contributed by atoms with van der Waals surface area (Å²) in [6.45, 7) is 0.395. The molecule has 0 aliphatic heterocycles. The summed E-state index contributed by atoms with van der Waals surface area (Å²) in [6, 6.07) is 11.3. The van der Waals surface area contributed by atoms with Gasteiger partial charge in [0.1, 0.15) is 5.75 Å². The molecule has 0 aromatic heterocycles. The van der Waals surface area contributed by atoms with Crippen LogP contribution in [0.15, 0.2) is 42.5 Å². The van der Waals surface area contributed by atoms with Gasteiger partial charge in [-0.05, 0) is 24.1 Å². The molecule has 1 N–H and O–H groups in total. The summed E-state index contributed by atoms with van der Waals surface area (Å²) in [5.74, 6) is 0.384. The van der Waals surface area contributed by atoms with Crippen LogP contribution in [0.4, 0.5) is 5.69 Å². The maximum atomic E-state index is 12.1. The Bertz CT molecular complexity index is 734. The Morgan fingerprint density at radius 1 is 1.30 bits per heavy atom. The number of non-ortho nitro benzene ring substituents is 1. The number of nitro benzene ring substituents is 1. The smallest absolute Gasteiger partial charge is 0.270 e. The van der Waals surface area contributed by atoms with Gasteiger partial charge in [-0.3, -0.25) is 14.9 Å². The van der Waals surface area contributed by atoms with Gasteiger partial charge in [0.05, 0.1) is 22.6 Å². The highest BCUT2D eigenvalue weighted by atomic mass is 35.5. The minimum absolute atomic E-state index is 0.0500. The summed E-state index contributed by atoms with van der Waals surface area (Å²) >= 11 is 5.93. The van der Waals surface area contributed by atoms with E-state index in [1.807, 2.05) is 24.3 Å². The number of hydrogen-bond acceptors (Lipinski definition) is 4. The lowest BCUT2D eigenvalue weighted by Crippen LogP contribution is -2.26. The van der Waals surface area contributed by atoms with Gasteiger partial charge in [-0.25, -0.2) is 0 Å². The van der Waals surface area contributed by atoms with Crippen molar-refractivity contribution in [2.75, 3.05) is 13.7 Å². The van der Waals surface area contributed by atoms with Crippen LogP contribution in [0.5, 0.6) is 5.75 Å². The van der Waals surface area contributed by atoms with E-state index < -0.39 is 4.92 Å². The number of benzene rings is 2. The van der Waals surface area contributed by atoms with Crippen molar-refractivity contribution in [1.29, 1.82) is 0 Å². The van der Waals surface area contributed by atoms with E-state index in [0.717, 1.165) is 17.4 Å². The molecule has 23 heavy (non-hydrogen) atoms. The van der Waals surface area contributed by atoms with Crippen molar-refractivity contribution in [3.05, 3.63) is 68.7 Å². The van der Waals surface area contributed by atoms with E-state index in [-0.39, 0.29) is 22.2 Å². The molecule has 1 amide bonds. The summed E-state index contributed by atoms with van der Waals surface area (Å²) in [6.07, 6.45) is 0.598. The molecule has 2 rings (SSSR count).